The molecule has 1 atom stereocenters. The van der Waals surface area contributed by atoms with Crippen molar-refractivity contribution in [3.05, 3.63) is 0 Å². The Bertz CT molecular complexity index is 136. The minimum Gasteiger partial charge on any atom is -0.464 e. The summed E-state index contributed by atoms with van der Waals surface area (Å²) in [6, 6.07) is 0. The van der Waals surface area contributed by atoms with E-state index in [0.29, 0.717) is 6.61 Å². The summed E-state index contributed by atoms with van der Waals surface area (Å²) in [4.78, 5) is 10.8. The highest BCUT2D eigenvalue weighted by Crippen LogP contribution is 1.91. The Morgan fingerprint density at radius 2 is 2.23 bits per heavy atom. The van der Waals surface area contributed by atoms with Gasteiger partial charge in [-0.15, -0.1) is 0 Å². The first-order valence-corrected chi connectivity index (χ1v) is 4.23. The van der Waals surface area contributed by atoms with Crippen LogP contribution < -0.4 is 0 Å². The van der Waals surface area contributed by atoms with Crippen LogP contribution in [0.25, 0.3) is 0 Å². The van der Waals surface area contributed by atoms with Gasteiger partial charge < -0.3 is 19.7 Å². The second kappa shape index (κ2) is 7.97. The van der Waals surface area contributed by atoms with Crippen LogP contribution in [0.1, 0.15) is 13.3 Å². The lowest BCUT2D eigenvalue weighted by Crippen LogP contribution is -2.18. The summed E-state index contributed by atoms with van der Waals surface area (Å²) < 4.78 is 9.47. The molecule has 0 aliphatic carbocycles. The zero-order valence-electron chi connectivity index (χ0n) is 7.73. The average Bonchev–Trinajstić information content (AvgIpc) is 2.14. The quantitative estimate of drug-likeness (QED) is 0.522. The van der Waals surface area contributed by atoms with Gasteiger partial charge in [-0.2, -0.15) is 0 Å². The van der Waals surface area contributed by atoms with Crippen molar-refractivity contribution in [3.8, 4) is 0 Å². The molecule has 0 saturated heterocycles. The van der Waals surface area contributed by atoms with Crippen molar-refractivity contribution in [1.29, 1.82) is 0 Å². The third-order valence-electron chi connectivity index (χ3n) is 1.35. The molecule has 0 spiro atoms. The van der Waals surface area contributed by atoms with E-state index in [-0.39, 0.29) is 26.2 Å². The number of ether oxygens (including phenoxy) is 2. The van der Waals surface area contributed by atoms with Crippen LogP contribution >= 0.6 is 0 Å². The normalized spacial score (nSPS) is 12.5. The lowest BCUT2D eigenvalue weighted by Gasteiger charge is -2.07. The van der Waals surface area contributed by atoms with Gasteiger partial charge in [-0.1, -0.05) is 0 Å². The Morgan fingerprint density at radius 3 is 2.77 bits per heavy atom. The summed E-state index contributed by atoms with van der Waals surface area (Å²) in [5, 5.41) is 17.3. The van der Waals surface area contributed by atoms with Crippen molar-refractivity contribution in [2.24, 2.45) is 0 Å². The molecule has 5 heteroatoms. The first-order chi connectivity index (χ1) is 6.20. The van der Waals surface area contributed by atoms with Crippen LogP contribution in [0.5, 0.6) is 0 Å². The molecular formula is C8H16O5. The fourth-order valence-electron chi connectivity index (χ4n) is 0.627. The molecule has 0 aromatic carbocycles. The molecule has 0 saturated carbocycles. The zero-order valence-corrected chi connectivity index (χ0v) is 7.73. The van der Waals surface area contributed by atoms with E-state index in [2.05, 4.69) is 4.74 Å². The maximum Gasteiger partial charge on any atom is 0.332 e. The third kappa shape index (κ3) is 7.70. The maximum absolute atomic E-state index is 10.8. The van der Waals surface area contributed by atoms with E-state index in [0.717, 1.165) is 0 Å². The zero-order chi connectivity index (χ0) is 10.1. The lowest BCUT2D eigenvalue weighted by atomic mass is 10.3. The van der Waals surface area contributed by atoms with Crippen LogP contribution in [0.15, 0.2) is 0 Å². The molecule has 0 aliphatic heterocycles. The fourth-order valence-corrected chi connectivity index (χ4v) is 0.627. The molecule has 0 rings (SSSR count). The van der Waals surface area contributed by atoms with Crippen molar-refractivity contribution in [1.82, 2.24) is 0 Å². The number of aliphatic hydroxyl groups is 2. The van der Waals surface area contributed by atoms with Gasteiger partial charge in [-0.05, 0) is 6.92 Å². The topological polar surface area (TPSA) is 76.0 Å². The monoisotopic (exact) mass is 192 g/mol. The van der Waals surface area contributed by atoms with E-state index in [9.17, 15) is 4.79 Å². The molecule has 0 heterocycles. The standard InChI is InChI=1S/C8H16O5/c1-2-12-6-8(11)13-4-3-7(10)5-9/h7,9-10H,2-6H2,1H3. The highest BCUT2D eigenvalue weighted by atomic mass is 16.6. The number of rotatable bonds is 7. The third-order valence-corrected chi connectivity index (χ3v) is 1.35. The van der Waals surface area contributed by atoms with E-state index in [1.165, 1.54) is 0 Å². The smallest absolute Gasteiger partial charge is 0.332 e. The van der Waals surface area contributed by atoms with E-state index < -0.39 is 12.1 Å². The number of hydrogen-bond donors (Lipinski definition) is 2. The molecule has 2 N–H and O–H groups in total. The van der Waals surface area contributed by atoms with Gasteiger partial charge in [0, 0.05) is 13.0 Å². The van der Waals surface area contributed by atoms with E-state index in [1.807, 2.05) is 0 Å². The lowest BCUT2D eigenvalue weighted by molar-refractivity contribution is -0.149. The molecule has 5 nitrogen and oxygen atoms in total. The second-order valence-corrected chi connectivity index (χ2v) is 2.48. The van der Waals surface area contributed by atoms with E-state index in [4.69, 9.17) is 14.9 Å². The molecule has 0 aromatic rings. The average molecular weight is 192 g/mol. The Labute approximate surface area is 77.3 Å². The van der Waals surface area contributed by atoms with Gasteiger partial charge in [0.2, 0.25) is 0 Å². The van der Waals surface area contributed by atoms with Crippen LogP contribution in [0.3, 0.4) is 0 Å². The molecule has 0 aromatic heterocycles. The van der Waals surface area contributed by atoms with Gasteiger partial charge in [0.1, 0.15) is 6.61 Å². The van der Waals surface area contributed by atoms with Crippen molar-refractivity contribution >= 4 is 5.97 Å². The molecule has 0 aliphatic rings. The summed E-state index contributed by atoms with van der Waals surface area (Å²) >= 11 is 0. The molecule has 1 unspecified atom stereocenters. The first-order valence-electron chi connectivity index (χ1n) is 4.23. The van der Waals surface area contributed by atoms with Gasteiger partial charge in [-0.3, -0.25) is 0 Å². The molecule has 13 heavy (non-hydrogen) atoms. The minimum absolute atomic E-state index is 0.0638. The van der Waals surface area contributed by atoms with Gasteiger partial charge in [-0.25, -0.2) is 4.79 Å². The van der Waals surface area contributed by atoms with Gasteiger partial charge >= 0.3 is 5.97 Å². The largest absolute Gasteiger partial charge is 0.464 e. The first kappa shape index (κ1) is 12.3. The molecule has 0 amide bonds. The maximum atomic E-state index is 10.8. The van der Waals surface area contributed by atoms with E-state index >= 15 is 0 Å². The molecular weight excluding hydrogens is 176 g/mol. The minimum atomic E-state index is -0.820. The fraction of sp³-hybridized carbons (Fsp3) is 0.875. The number of esters is 1. The van der Waals surface area contributed by atoms with Gasteiger partial charge in [0.25, 0.3) is 0 Å². The molecule has 0 radical (unpaired) electrons. The van der Waals surface area contributed by atoms with Crippen molar-refractivity contribution in [2.75, 3.05) is 26.4 Å². The SMILES string of the molecule is CCOCC(=O)OCCC(O)CO. The number of aliphatic hydroxyl groups excluding tert-OH is 2. The van der Waals surface area contributed by atoms with Crippen LogP contribution in [-0.2, 0) is 14.3 Å². The van der Waals surface area contributed by atoms with Gasteiger partial charge in [0.15, 0.2) is 0 Å². The summed E-state index contributed by atoms with van der Waals surface area (Å²) in [6.45, 7) is 1.97. The summed E-state index contributed by atoms with van der Waals surface area (Å²) in [7, 11) is 0. The van der Waals surface area contributed by atoms with Gasteiger partial charge in [0.05, 0.1) is 19.3 Å². The Balaban J connectivity index is 3.26. The number of hydrogen-bond acceptors (Lipinski definition) is 5. The molecule has 0 bridgehead atoms. The van der Waals surface area contributed by atoms with Crippen LogP contribution in [0.2, 0.25) is 0 Å². The Morgan fingerprint density at radius 1 is 1.54 bits per heavy atom. The molecule has 78 valence electrons. The predicted octanol–water partition coefficient (Wildman–Crippen LogP) is -0.691. The van der Waals surface area contributed by atoms with E-state index in [1.54, 1.807) is 6.92 Å². The summed E-state index contributed by atoms with van der Waals surface area (Å²) in [5.41, 5.74) is 0. The molecule has 0 fully saturated rings. The van der Waals surface area contributed by atoms with Crippen molar-refractivity contribution in [3.63, 3.8) is 0 Å². The van der Waals surface area contributed by atoms with Crippen molar-refractivity contribution < 1.29 is 24.5 Å². The highest BCUT2D eigenvalue weighted by molar-refractivity contribution is 5.70. The number of carbonyl (C=O) groups is 1. The van der Waals surface area contributed by atoms with Crippen LogP contribution in [0, 0.1) is 0 Å². The van der Waals surface area contributed by atoms with Crippen LogP contribution in [0.4, 0.5) is 0 Å². The number of carbonyl (C=O) groups excluding carboxylic acids is 1. The second-order valence-electron chi connectivity index (χ2n) is 2.48. The van der Waals surface area contributed by atoms with Crippen LogP contribution in [-0.4, -0.2) is 48.7 Å². The predicted molar refractivity (Wildman–Crippen MR) is 45.2 cm³/mol. The van der Waals surface area contributed by atoms with Crippen molar-refractivity contribution in [2.45, 2.75) is 19.4 Å². The Kier molecular flexibility index (Phi) is 7.57. The summed E-state index contributed by atoms with van der Waals surface area (Å²) in [5.74, 6) is -0.452. The Hall–Kier alpha value is -0.650. The highest BCUT2D eigenvalue weighted by Gasteiger charge is 2.05. The summed E-state index contributed by atoms with van der Waals surface area (Å²) in [6.07, 6.45) is -0.575.